The summed E-state index contributed by atoms with van der Waals surface area (Å²) >= 11 is 0. The number of ketones is 1. The molecule has 0 amide bonds. The normalized spacial score (nSPS) is 10.3. The molecule has 0 aliphatic carbocycles. The predicted octanol–water partition coefficient (Wildman–Crippen LogP) is 1.83. The van der Waals surface area contributed by atoms with Crippen LogP contribution in [0.1, 0.15) is 18.9 Å². The van der Waals surface area contributed by atoms with E-state index >= 15 is 0 Å². The van der Waals surface area contributed by atoms with Crippen molar-refractivity contribution >= 4 is 11.8 Å². The molecule has 21 heavy (non-hydrogen) atoms. The van der Waals surface area contributed by atoms with Crippen LogP contribution in [-0.4, -0.2) is 26.5 Å². The summed E-state index contributed by atoms with van der Waals surface area (Å²) in [5.41, 5.74) is 0.861. The molecule has 0 aliphatic rings. The first-order chi connectivity index (χ1) is 9.97. The number of benzene rings is 1. The van der Waals surface area contributed by atoms with Gasteiger partial charge in [-0.25, -0.2) is 0 Å². The summed E-state index contributed by atoms with van der Waals surface area (Å²) in [6, 6.07) is 10.3. The van der Waals surface area contributed by atoms with Gasteiger partial charge in [-0.3, -0.25) is 14.2 Å². The quantitative estimate of drug-likeness (QED) is 0.647. The van der Waals surface area contributed by atoms with Crippen molar-refractivity contribution in [2.24, 2.45) is 0 Å². The van der Waals surface area contributed by atoms with Gasteiger partial charge in [-0.1, -0.05) is 30.3 Å². The second-order valence-electron chi connectivity index (χ2n) is 4.61. The average Bonchev–Trinajstić information content (AvgIpc) is 2.67. The van der Waals surface area contributed by atoms with Gasteiger partial charge in [0.15, 0.2) is 11.6 Å². The molecular weight excluding hydrogens is 274 g/mol. The largest absolute Gasteiger partial charge is 0.494 e. The summed E-state index contributed by atoms with van der Waals surface area (Å²) < 4.78 is 6.06. The van der Waals surface area contributed by atoms with E-state index in [1.807, 2.05) is 30.3 Å². The van der Waals surface area contributed by atoms with Crippen LogP contribution in [0.5, 0.6) is 17.5 Å². The minimum Gasteiger partial charge on any atom is -0.494 e. The molecule has 1 aromatic heterocycles. The molecule has 1 aromatic carbocycles. The fourth-order valence-corrected chi connectivity index (χ4v) is 1.86. The van der Waals surface area contributed by atoms with Crippen LogP contribution >= 0.6 is 0 Å². The Bertz CT molecular complexity index is 660. The first kappa shape index (κ1) is 14.6. The van der Waals surface area contributed by atoms with Gasteiger partial charge in [0.05, 0.1) is 6.54 Å². The van der Waals surface area contributed by atoms with Crippen LogP contribution in [0, 0.1) is 0 Å². The van der Waals surface area contributed by atoms with Gasteiger partial charge in [0.2, 0.25) is 5.88 Å². The number of rotatable bonds is 5. The highest BCUT2D eigenvalue weighted by Gasteiger charge is 2.18. The van der Waals surface area contributed by atoms with E-state index in [1.165, 1.54) is 11.5 Å². The first-order valence-electron chi connectivity index (χ1n) is 6.33. The summed E-state index contributed by atoms with van der Waals surface area (Å²) in [6.45, 7) is 1.49. The van der Waals surface area contributed by atoms with Crippen molar-refractivity contribution in [3.8, 4) is 17.5 Å². The molecule has 1 heterocycles. The molecule has 0 radical (unpaired) electrons. The van der Waals surface area contributed by atoms with E-state index in [9.17, 15) is 19.8 Å². The number of carbonyl (C=O) groups is 2. The highest BCUT2D eigenvalue weighted by atomic mass is 16.5. The molecule has 0 atom stereocenters. The molecule has 0 saturated heterocycles. The van der Waals surface area contributed by atoms with Crippen molar-refractivity contribution in [3.05, 3.63) is 42.0 Å². The second-order valence-corrected chi connectivity index (χ2v) is 4.61. The van der Waals surface area contributed by atoms with E-state index in [1.54, 1.807) is 0 Å². The lowest BCUT2D eigenvalue weighted by molar-refractivity contribution is -0.137. The minimum absolute atomic E-state index is 0.172. The molecule has 0 aliphatic heterocycles. The average molecular weight is 289 g/mol. The van der Waals surface area contributed by atoms with Gasteiger partial charge in [-0.15, -0.1) is 0 Å². The maximum absolute atomic E-state index is 11.4. The molecule has 110 valence electrons. The Kier molecular flexibility index (Phi) is 4.27. The molecule has 0 saturated carbocycles. The summed E-state index contributed by atoms with van der Waals surface area (Å²) in [5.74, 6) is -1.90. The third kappa shape index (κ3) is 3.62. The maximum Gasteiger partial charge on any atom is 0.318 e. The Morgan fingerprint density at radius 1 is 1.19 bits per heavy atom. The van der Waals surface area contributed by atoms with Gasteiger partial charge in [0.25, 0.3) is 0 Å². The van der Waals surface area contributed by atoms with Gasteiger partial charge in [-0.05, 0) is 12.5 Å². The van der Waals surface area contributed by atoms with Crippen molar-refractivity contribution in [2.75, 3.05) is 0 Å². The number of aromatic nitrogens is 1. The molecular formula is C15H15NO5. The summed E-state index contributed by atoms with van der Waals surface area (Å²) in [4.78, 5) is 22.2. The van der Waals surface area contributed by atoms with Gasteiger partial charge in [0, 0.05) is 6.07 Å². The smallest absolute Gasteiger partial charge is 0.318 e. The van der Waals surface area contributed by atoms with Crippen molar-refractivity contribution in [2.45, 2.75) is 19.9 Å². The van der Waals surface area contributed by atoms with Crippen LogP contribution in [0.3, 0.4) is 0 Å². The SMILES string of the molecule is CC(=O)CC(=O)Oc1cc(O)n(Cc2ccccc2)c1O. The molecule has 6 nitrogen and oxygen atoms in total. The van der Waals surface area contributed by atoms with E-state index in [4.69, 9.17) is 4.74 Å². The van der Waals surface area contributed by atoms with Gasteiger partial charge < -0.3 is 14.9 Å². The molecule has 0 spiro atoms. The Morgan fingerprint density at radius 3 is 2.48 bits per heavy atom. The van der Waals surface area contributed by atoms with Gasteiger partial charge in [-0.2, -0.15) is 0 Å². The van der Waals surface area contributed by atoms with Crippen LogP contribution in [0.25, 0.3) is 0 Å². The monoisotopic (exact) mass is 289 g/mol. The zero-order valence-corrected chi connectivity index (χ0v) is 11.4. The molecule has 2 N–H and O–H groups in total. The fourth-order valence-electron chi connectivity index (χ4n) is 1.86. The lowest BCUT2D eigenvalue weighted by Crippen LogP contribution is -2.11. The number of aromatic hydroxyl groups is 2. The van der Waals surface area contributed by atoms with Crippen molar-refractivity contribution in [1.82, 2.24) is 4.57 Å². The lowest BCUT2D eigenvalue weighted by atomic mass is 10.2. The zero-order chi connectivity index (χ0) is 15.4. The number of hydrogen-bond donors (Lipinski definition) is 2. The number of esters is 1. The topological polar surface area (TPSA) is 88.8 Å². The lowest BCUT2D eigenvalue weighted by Gasteiger charge is -2.07. The van der Waals surface area contributed by atoms with E-state index in [0.29, 0.717) is 0 Å². The second kappa shape index (κ2) is 6.13. The fraction of sp³-hybridized carbons (Fsp3) is 0.200. The van der Waals surface area contributed by atoms with Crippen LogP contribution in [0.15, 0.2) is 36.4 Å². The number of carbonyl (C=O) groups excluding carboxylic acids is 2. The highest BCUT2D eigenvalue weighted by molar-refractivity contribution is 5.95. The molecule has 2 rings (SSSR count). The molecule has 0 fully saturated rings. The predicted molar refractivity (Wildman–Crippen MR) is 74.2 cm³/mol. The highest BCUT2D eigenvalue weighted by Crippen LogP contribution is 2.35. The third-order valence-electron chi connectivity index (χ3n) is 2.81. The van der Waals surface area contributed by atoms with E-state index < -0.39 is 5.97 Å². The maximum atomic E-state index is 11.4. The minimum atomic E-state index is -0.783. The standard InChI is InChI=1S/C15H15NO5/c1-10(17)7-14(19)21-12-8-13(18)16(15(12)20)9-11-5-3-2-4-6-11/h2-6,8,18,20H,7,9H2,1H3. The van der Waals surface area contributed by atoms with Crippen LogP contribution in [-0.2, 0) is 16.1 Å². The zero-order valence-electron chi connectivity index (χ0n) is 11.4. The number of Topliss-reactive ketones (excluding diaryl/α,β-unsaturated/α-hetero) is 1. The summed E-state index contributed by atoms with van der Waals surface area (Å²) in [5, 5.41) is 19.8. The molecule has 0 bridgehead atoms. The van der Waals surface area contributed by atoms with Crippen LogP contribution in [0.4, 0.5) is 0 Å². The van der Waals surface area contributed by atoms with E-state index in [-0.39, 0.29) is 36.3 Å². The molecule has 0 unspecified atom stereocenters. The Hall–Kier alpha value is -2.76. The Labute approximate surface area is 121 Å². The van der Waals surface area contributed by atoms with Gasteiger partial charge >= 0.3 is 5.97 Å². The first-order valence-corrected chi connectivity index (χ1v) is 6.33. The summed E-state index contributed by atoms with van der Waals surface area (Å²) in [6.07, 6.45) is -0.385. The Balaban J connectivity index is 2.17. The van der Waals surface area contributed by atoms with Crippen LogP contribution < -0.4 is 4.74 Å². The molecule has 2 aromatic rings. The van der Waals surface area contributed by atoms with Crippen molar-refractivity contribution in [3.63, 3.8) is 0 Å². The van der Waals surface area contributed by atoms with E-state index in [0.717, 1.165) is 11.6 Å². The number of ether oxygens (including phenoxy) is 1. The Morgan fingerprint density at radius 2 is 1.86 bits per heavy atom. The van der Waals surface area contributed by atoms with Crippen LogP contribution in [0.2, 0.25) is 0 Å². The number of hydrogen-bond acceptors (Lipinski definition) is 5. The summed E-state index contributed by atoms with van der Waals surface area (Å²) in [7, 11) is 0. The van der Waals surface area contributed by atoms with Crippen molar-refractivity contribution in [1.29, 1.82) is 0 Å². The molecule has 6 heteroatoms. The van der Waals surface area contributed by atoms with Crippen molar-refractivity contribution < 1.29 is 24.5 Å². The number of nitrogens with zero attached hydrogens (tertiary/aromatic N) is 1. The van der Waals surface area contributed by atoms with Gasteiger partial charge in [0.1, 0.15) is 12.2 Å². The third-order valence-corrected chi connectivity index (χ3v) is 2.81. The van der Waals surface area contributed by atoms with E-state index in [2.05, 4.69) is 0 Å².